The Hall–Kier alpha value is -2.72. The number of nitrogens with zero attached hydrogens (tertiary/aromatic N) is 1. The molecule has 0 heterocycles. The Morgan fingerprint density at radius 1 is 0.667 bits per heavy atom. The van der Waals surface area contributed by atoms with Crippen LogP contribution in [0.25, 0.3) is 10.8 Å². The summed E-state index contributed by atoms with van der Waals surface area (Å²) in [6.45, 7) is -0.869. The third kappa shape index (κ3) is 5.11. The molecular weight excluding hydrogens is 481 g/mol. The molecule has 0 aliphatic carbocycles. The van der Waals surface area contributed by atoms with E-state index < -0.39 is 32.1 Å². The highest BCUT2D eigenvalue weighted by atomic mass is 32.3. The van der Waals surface area contributed by atoms with Gasteiger partial charge in [-0.2, -0.15) is 0 Å². The van der Waals surface area contributed by atoms with Gasteiger partial charge in [-0.15, -0.1) is 0 Å². The first-order valence-electron chi connectivity index (χ1n) is 9.96. The van der Waals surface area contributed by atoms with Crippen LogP contribution in [0.3, 0.4) is 0 Å². The van der Waals surface area contributed by atoms with Gasteiger partial charge in [0, 0.05) is 4.90 Å². The van der Waals surface area contributed by atoms with Crippen molar-refractivity contribution >= 4 is 42.6 Å². The third-order valence-corrected chi connectivity index (χ3v) is 10.1. The Balaban J connectivity index is 1.68. The highest BCUT2D eigenvalue weighted by Crippen LogP contribution is 2.31. The van der Waals surface area contributed by atoms with Gasteiger partial charge in [0.25, 0.3) is 20.0 Å². The molecule has 4 aromatic rings. The summed E-state index contributed by atoms with van der Waals surface area (Å²) in [7, 11) is -9.07. The molecule has 5 nitrogen and oxygen atoms in total. The minimum Gasteiger partial charge on any atom is -0.234 e. The minimum atomic E-state index is -4.54. The number of alkyl halides is 1. The fourth-order valence-electron chi connectivity index (χ4n) is 3.29. The van der Waals surface area contributed by atoms with E-state index in [1.807, 2.05) is 30.3 Å². The average molecular weight is 502 g/mol. The molecule has 4 rings (SSSR count). The second-order valence-corrected chi connectivity index (χ2v) is 12.3. The van der Waals surface area contributed by atoms with Crippen molar-refractivity contribution in [2.24, 2.45) is 0 Å². The average Bonchev–Trinajstić information content (AvgIpc) is 2.83. The van der Waals surface area contributed by atoms with Crippen LogP contribution >= 0.6 is 11.8 Å². The van der Waals surface area contributed by atoms with Crippen LogP contribution < -0.4 is 0 Å². The Bertz CT molecular complexity index is 1390. The summed E-state index contributed by atoms with van der Waals surface area (Å²) in [5, 5.41) is 1.89. The number of hydrogen-bond donors (Lipinski definition) is 0. The van der Waals surface area contributed by atoms with Gasteiger partial charge in [0.2, 0.25) is 0 Å². The zero-order chi connectivity index (χ0) is 23.5. The normalized spacial score (nSPS) is 13.3. The molecule has 0 saturated heterocycles. The lowest BCUT2D eigenvalue weighted by atomic mass is 10.1. The van der Waals surface area contributed by atoms with Crippen LogP contribution in [0.4, 0.5) is 4.39 Å². The Morgan fingerprint density at radius 3 is 1.70 bits per heavy atom. The molecule has 4 aromatic carbocycles. The van der Waals surface area contributed by atoms with Crippen molar-refractivity contribution in [1.82, 2.24) is 3.71 Å². The first-order valence-corrected chi connectivity index (χ1v) is 13.7. The van der Waals surface area contributed by atoms with Gasteiger partial charge in [0.15, 0.2) is 5.50 Å². The molecule has 0 amide bonds. The lowest BCUT2D eigenvalue weighted by Crippen LogP contribution is -2.40. The van der Waals surface area contributed by atoms with E-state index in [1.165, 1.54) is 48.5 Å². The van der Waals surface area contributed by atoms with Crippen LogP contribution in [0, 0.1) is 0 Å². The molecule has 9 heteroatoms. The monoisotopic (exact) mass is 501 g/mol. The molecule has 0 aliphatic rings. The van der Waals surface area contributed by atoms with Crippen LogP contribution in [-0.2, 0) is 20.0 Å². The van der Waals surface area contributed by atoms with E-state index in [0.29, 0.717) is 4.90 Å². The van der Waals surface area contributed by atoms with Crippen LogP contribution in [0.2, 0.25) is 0 Å². The summed E-state index contributed by atoms with van der Waals surface area (Å²) < 4.78 is 68.6. The van der Waals surface area contributed by atoms with E-state index in [2.05, 4.69) is 0 Å². The van der Waals surface area contributed by atoms with Gasteiger partial charge in [-0.25, -0.2) is 21.2 Å². The summed E-state index contributed by atoms with van der Waals surface area (Å²) in [6, 6.07) is 27.2. The molecule has 0 spiro atoms. The van der Waals surface area contributed by atoms with E-state index in [9.17, 15) is 16.8 Å². The molecule has 0 radical (unpaired) electrons. The first kappa shape index (κ1) is 23.4. The van der Waals surface area contributed by atoms with Gasteiger partial charge in [-0.05, 0) is 47.2 Å². The Labute approximate surface area is 197 Å². The summed E-state index contributed by atoms with van der Waals surface area (Å²) in [5.74, 6) is 0. The van der Waals surface area contributed by atoms with E-state index in [0.717, 1.165) is 22.5 Å². The van der Waals surface area contributed by atoms with E-state index in [1.54, 1.807) is 24.3 Å². The number of sulfonamides is 2. The van der Waals surface area contributed by atoms with Crippen LogP contribution in [0.5, 0.6) is 0 Å². The van der Waals surface area contributed by atoms with E-state index in [4.69, 9.17) is 0 Å². The van der Waals surface area contributed by atoms with Gasteiger partial charge in [-0.3, -0.25) is 0 Å². The van der Waals surface area contributed by atoms with Crippen molar-refractivity contribution in [3.05, 3.63) is 103 Å². The second kappa shape index (κ2) is 9.64. The van der Waals surface area contributed by atoms with E-state index in [-0.39, 0.29) is 13.5 Å². The van der Waals surface area contributed by atoms with Crippen molar-refractivity contribution < 1.29 is 21.2 Å². The molecule has 0 aromatic heterocycles. The van der Waals surface area contributed by atoms with Gasteiger partial charge in [0.05, 0.1) is 16.3 Å². The molecule has 0 saturated carbocycles. The van der Waals surface area contributed by atoms with Crippen LogP contribution in [0.15, 0.2) is 118 Å². The van der Waals surface area contributed by atoms with Crippen LogP contribution in [0.1, 0.15) is 0 Å². The lowest BCUT2D eigenvalue weighted by molar-refractivity contribution is 0.394. The lowest BCUT2D eigenvalue weighted by Gasteiger charge is -2.23. The van der Waals surface area contributed by atoms with Crippen molar-refractivity contribution in [3.8, 4) is 0 Å². The predicted octanol–water partition coefficient (Wildman–Crippen LogP) is 5.31. The van der Waals surface area contributed by atoms with Crippen molar-refractivity contribution in [1.29, 1.82) is 0 Å². The zero-order valence-electron chi connectivity index (χ0n) is 17.3. The zero-order valence-corrected chi connectivity index (χ0v) is 19.7. The Kier molecular flexibility index (Phi) is 6.85. The molecule has 0 fully saturated rings. The Morgan fingerprint density at radius 2 is 1.15 bits per heavy atom. The van der Waals surface area contributed by atoms with E-state index >= 15 is 4.39 Å². The summed E-state index contributed by atoms with van der Waals surface area (Å²) >= 11 is 0.772. The number of benzene rings is 4. The standard InChI is InChI=1S/C24H20FNO4S3/c25-24(31-21-16-15-19-9-7-8-10-20(19)17-21)18-26(32(27,28)22-11-3-1-4-12-22)33(29,30)23-13-5-2-6-14-23/h1-17,24H,18H2. The van der Waals surface area contributed by atoms with Crippen LogP contribution in [-0.4, -0.2) is 32.6 Å². The van der Waals surface area contributed by atoms with Gasteiger partial charge < -0.3 is 0 Å². The topological polar surface area (TPSA) is 71.5 Å². The summed E-state index contributed by atoms with van der Waals surface area (Å²) in [5.41, 5.74) is -1.83. The molecular formula is C24H20FNO4S3. The van der Waals surface area contributed by atoms with Crippen molar-refractivity contribution in [2.45, 2.75) is 20.2 Å². The molecule has 0 aliphatic heterocycles. The number of hydrogen-bond acceptors (Lipinski definition) is 5. The molecule has 0 bridgehead atoms. The predicted molar refractivity (Wildman–Crippen MR) is 129 cm³/mol. The maximum absolute atomic E-state index is 15.2. The largest absolute Gasteiger partial charge is 0.256 e. The highest BCUT2D eigenvalue weighted by molar-refractivity contribution is 8.04. The quantitative estimate of drug-likeness (QED) is 0.306. The number of fused-ring (bicyclic) bond motifs is 1. The number of thioether (sulfide) groups is 1. The fraction of sp³-hybridized carbons (Fsp3) is 0.0833. The smallest absolute Gasteiger partial charge is 0.234 e. The molecule has 170 valence electrons. The molecule has 1 unspecified atom stereocenters. The third-order valence-electron chi connectivity index (χ3n) is 4.90. The number of halogens is 1. The summed E-state index contributed by atoms with van der Waals surface area (Å²) in [6.07, 6.45) is 0. The minimum absolute atomic E-state index is 0.229. The van der Waals surface area contributed by atoms with Crippen molar-refractivity contribution in [3.63, 3.8) is 0 Å². The SMILES string of the molecule is O=S(=O)(c1ccccc1)N(CC(F)Sc1ccc2ccccc2c1)S(=O)(=O)c1ccccc1. The highest BCUT2D eigenvalue weighted by Gasteiger charge is 2.38. The van der Waals surface area contributed by atoms with Crippen molar-refractivity contribution in [2.75, 3.05) is 6.54 Å². The number of rotatable bonds is 8. The van der Waals surface area contributed by atoms with Gasteiger partial charge >= 0.3 is 0 Å². The summed E-state index contributed by atoms with van der Waals surface area (Å²) in [4.78, 5) is 0.107. The van der Waals surface area contributed by atoms with Gasteiger partial charge in [-0.1, -0.05) is 82.2 Å². The molecule has 1 atom stereocenters. The van der Waals surface area contributed by atoms with Gasteiger partial charge in [0.1, 0.15) is 0 Å². The molecule has 33 heavy (non-hydrogen) atoms. The second-order valence-electron chi connectivity index (χ2n) is 7.13. The molecule has 0 N–H and O–H groups in total. The first-order chi connectivity index (χ1) is 15.8. The maximum Gasteiger partial charge on any atom is 0.256 e. The fourth-order valence-corrected chi connectivity index (χ4v) is 8.01. The maximum atomic E-state index is 15.2.